The van der Waals surface area contributed by atoms with Gasteiger partial charge in [0, 0.05) is 11.0 Å². The monoisotopic (exact) mass is 284 g/mol. The molecule has 5 rings (SSSR count). The normalized spacial score (nSPS) is 46.0. The maximum atomic E-state index is 10.8. The van der Waals surface area contributed by atoms with Crippen LogP contribution in [0.1, 0.15) is 49.3 Å². The maximum absolute atomic E-state index is 10.8. The highest BCUT2D eigenvalue weighted by molar-refractivity contribution is 5.57. The van der Waals surface area contributed by atoms with E-state index in [4.69, 9.17) is 4.74 Å². The van der Waals surface area contributed by atoms with E-state index in [2.05, 4.69) is 26.0 Å². The molecule has 2 saturated carbocycles. The largest absolute Gasteiger partial charge is 0.486 e. The number of aryl methyl sites for hydroxylation is 1. The summed E-state index contributed by atoms with van der Waals surface area (Å²) in [5.41, 5.74) is 4.39. The second-order valence-electron chi connectivity index (χ2n) is 7.99. The zero-order chi connectivity index (χ0) is 14.4. The average molecular weight is 284 g/mol. The molecule has 1 aromatic carbocycles. The lowest BCUT2D eigenvalue weighted by atomic mass is 9.47. The van der Waals surface area contributed by atoms with Crippen molar-refractivity contribution in [1.82, 2.24) is 0 Å². The van der Waals surface area contributed by atoms with E-state index in [1.165, 1.54) is 48.8 Å². The van der Waals surface area contributed by atoms with Crippen molar-refractivity contribution < 1.29 is 9.84 Å². The lowest BCUT2D eigenvalue weighted by Crippen LogP contribution is -2.62. The summed E-state index contributed by atoms with van der Waals surface area (Å²) in [4.78, 5) is 0. The number of benzene rings is 1. The van der Waals surface area contributed by atoms with Crippen molar-refractivity contribution in [3.63, 3.8) is 0 Å². The number of ether oxygens (including phenoxy) is 1. The van der Waals surface area contributed by atoms with Gasteiger partial charge in [-0.15, -0.1) is 0 Å². The van der Waals surface area contributed by atoms with Crippen molar-refractivity contribution >= 4 is 0 Å². The average Bonchev–Trinajstić information content (AvgIpc) is 2.80. The summed E-state index contributed by atoms with van der Waals surface area (Å²) in [5.74, 6) is 3.02. The van der Waals surface area contributed by atoms with Crippen molar-refractivity contribution in [1.29, 1.82) is 0 Å². The third kappa shape index (κ3) is 1.30. The van der Waals surface area contributed by atoms with Crippen molar-refractivity contribution in [3.05, 3.63) is 28.8 Å². The van der Waals surface area contributed by atoms with Gasteiger partial charge in [-0.25, -0.2) is 0 Å². The second kappa shape index (κ2) is 3.84. The molecule has 0 radical (unpaired) electrons. The van der Waals surface area contributed by atoms with Crippen LogP contribution >= 0.6 is 0 Å². The van der Waals surface area contributed by atoms with E-state index in [1.807, 2.05) is 0 Å². The molecule has 1 spiro atoms. The predicted octanol–water partition coefficient (Wildman–Crippen LogP) is 3.37. The topological polar surface area (TPSA) is 29.5 Å². The molecule has 2 nitrogen and oxygen atoms in total. The van der Waals surface area contributed by atoms with Gasteiger partial charge in [0.25, 0.3) is 0 Å². The van der Waals surface area contributed by atoms with E-state index in [0.717, 1.165) is 17.6 Å². The Morgan fingerprint density at radius 3 is 3.05 bits per heavy atom. The maximum Gasteiger partial charge on any atom is 0.135 e. The summed E-state index contributed by atoms with van der Waals surface area (Å²) < 4.78 is 6.44. The molecule has 1 aliphatic heterocycles. The molecule has 1 heterocycles. The Bertz CT molecular complexity index is 622. The molecule has 2 fully saturated rings. The zero-order valence-corrected chi connectivity index (χ0v) is 12.9. The first-order valence-corrected chi connectivity index (χ1v) is 8.60. The molecule has 3 aliphatic carbocycles. The Hall–Kier alpha value is -1.02. The quantitative estimate of drug-likeness (QED) is 0.791. The van der Waals surface area contributed by atoms with Crippen LogP contribution in [0.3, 0.4) is 0 Å². The van der Waals surface area contributed by atoms with E-state index in [9.17, 15) is 5.11 Å². The van der Waals surface area contributed by atoms with Crippen molar-refractivity contribution in [2.24, 2.45) is 17.8 Å². The van der Waals surface area contributed by atoms with Gasteiger partial charge in [-0.1, -0.05) is 25.5 Å². The van der Waals surface area contributed by atoms with Gasteiger partial charge in [0.05, 0.1) is 6.10 Å². The van der Waals surface area contributed by atoms with Crippen LogP contribution in [0.5, 0.6) is 5.75 Å². The standard InChI is InChI=1S/C19H24O2/c1-10-5-6-13-9-12-4-3-7-19-14(12)8-11(2)16(20)18(19)21-17(10)15(13)19/h5-6,11-12,14,16,18,20H,3-4,7-9H2,1-2H3/t11-,12-,14+,16?,18+,19+/m1/s1. The van der Waals surface area contributed by atoms with E-state index >= 15 is 0 Å². The molecular weight excluding hydrogens is 260 g/mol. The second-order valence-corrected chi connectivity index (χ2v) is 7.99. The van der Waals surface area contributed by atoms with Gasteiger partial charge >= 0.3 is 0 Å². The Kier molecular flexibility index (Phi) is 2.29. The lowest BCUT2D eigenvalue weighted by Gasteiger charge is -2.57. The Morgan fingerprint density at radius 1 is 1.33 bits per heavy atom. The minimum atomic E-state index is -0.308. The number of hydrogen-bond acceptors (Lipinski definition) is 2. The first kappa shape index (κ1) is 12.5. The fourth-order valence-corrected chi connectivity index (χ4v) is 6.20. The molecule has 1 N–H and O–H groups in total. The summed E-state index contributed by atoms with van der Waals surface area (Å²) in [6.07, 6.45) is 5.99. The first-order chi connectivity index (χ1) is 10.1. The highest BCUT2D eigenvalue weighted by Crippen LogP contribution is 2.65. The van der Waals surface area contributed by atoms with Crippen LogP contribution in [0.15, 0.2) is 12.1 Å². The molecule has 2 heteroatoms. The van der Waals surface area contributed by atoms with E-state index in [1.54, 1.807) is 0 Å². The minimum absolute atomic E-state index is 0.00389. The van der Waals surface area contributed by atoms with Crippen LogP contribution in [0, 0.1) is 24.7 Å². The fourth-order valence-electron chi connectivity index (χ4n) is 6.20. The molecule has 1 aromatic rings. The Morgan fingerprint density at radius 2 is 2.19 bits per heavy atom. The smallest absolute Gasteiger partial charge is 0.135 e. The molecule has 4 aliphatic rings. The summed E-state index contributed by atoms with van der Waals surface area (Å²) in [6.45, 7) is 4.37. The van der Waals surface area contributed by atoms with Crippen LogP contribution in [0.2, 0.25) is 0 Å². The Balaban J connectivity index is 1.81. The van der Waals surface area contributed by atoms with Gasteiger partial charge in [0.2, 0.25) is 0 Å². The molecule has 0 aromatic heterocycles. The summed E-state index contributed by atoms with van der Waals surface area (Å²) in [5, 5.41) is 10.8. The van der Waals surface area contributed by atoms with Crippen LogP contribution in [-0.2, 0) is 11.8 Å². The first-order valence-electron chi connectivity index (χ1n) is 8.60. The van der Waals surface area contributed by atoms with Crippen molar-refractivity contribution in [2.45, 2.75) is 63.6 Å². The van der Waals surface area contributed by atoms with Crippen molar-refractivity contribution in [2.75, 3.05) is 0 Å². The van der Waals surface area contributed by atoms with Gasteiger partial charge < -0.3 is 9.84 Å². The van der Waals surface area contributed by atoms with Gasteiger partial charge in [-0.2, -0.15) is 0 Å². The number of rotatable bonds is 0. The third-order valence-corrected chi connectivity index (χ3v) is 7.06. The molecule has 0 amide bonds. The number of aliphatic hydroxyl groups excluding tert-OH is 1. The van der Waals surface area contributed by atoms with Gasteiger partial charge in [-0.3, -0.25) is 0 Å². The van der Waals surface area contributed by atoms with Gasteiger partial charge in [-0.05, 0) is 61.5 Å². The summed E-state index contributed by atoms with van der Waals surface area (Å²) in [6, 6.07) is 4.55. The van der Waals surface area contributed by atoms with E-state index < -0.39 is 0 Å². The summed E-state index contributed by atoms with van der Waals surface area (Å²) in [7, 11) is 0. The van der Waals surface area contributed by atoms with Crippen molar-refractivity contribution in [3.8, 4) is 5.75 Å². The number of hydrogen-bond donors (Lipinski definition) is 1. The molecular formula is C19H24O2. The molecule has 6 atom stereocenters. The van der Waals surface area contributed by atoms with Gasteiger partial charge in [0.15, 0.2) is 0 Å². The molecule has 2 bridgehead atoms. The number of aliphatic hydroxyl groups is 1. The third-order valence-electron chi connectivity index (χ3n) is 7.06. The van der Waals surface area contributed by atoms with E-state index in [0.29, 0.717) is 5.92 Å². The molecule has 112 valence electrons. The van der Waals surface area contributed by atoms with E-state index in [-0.39, 0.29) is 17.6 Å². The lowest BCUT2D eigenvalue weighted by molar-refractivity contribution is -0.111. The van der Waals surface area contributed by atoms with Gasteiger partial charge in [0.1, 0.15) is 11.9 Å². The highest BCUT2D eigenvalue weighted by atomic mass is 16.5. The molecule has 0 saturated heterocycles. The fraction of sp³-hybridized carbons (Fsp3) is 0.684. The predicted molar refractivity (Wildman–Crippen MR) is 81.6 cm³/mol. The van der Waals surface area contributed by atoms with Crippen LogP contribution in [0.25, 0.3) is 0 Å². The molecule has 1 unspecified atom stereocenters. The Labute approximate surface area is 126 Å². The highest BCUT2D eigenvalue weighted by Gasteiger charge is 2.65. The van der Waals surface area contributed by atoms with Crippen LogP contribution in [-0.4, -0.2) is 17.3 Å². The van der Waals surface area contributed by atoms with Crippen LogP contribution < -0.4 is 4.74 Å². The molecule has 21 heavy (non-hydrogen) atoms. The zero-order valence-electron chi connectivity index (χ0n) is 12.9. The minimum Gasteiger partial charge on any atom is -0.486 e. The van der Waals surface area contributed by atoms with Crippen LogP contribution in [0.4, 0.5) is 0 Å². The SMILES string of the molecule is Cc1ccc2c3c1O[C@H]1C(O)[C@H](C)C[C@H]4[C@H](CCC[C@]314)C2. The summed E-state index contributed by atoms with van der Waals surface area (Å²) >= 11 is 0.